The lowest BCUT2D eigenvalue weighted by molar-refractivity contribution is 0.185. The van der Waals surface area contributed by atoms with E-state index in [9.17, 15) is 0 Å². The maximum atomic E-state index is 5.42. The van der Waals surface area contributed by atoms with Crippen molar-refractivity contribution in [1.29, 1.82) is 0 Å². The molecule has 2 rings (SSSR count). The minimum atomic E-state index is 0.699. The normalized spacial score (nSPS) is 18.9. The lowest BCUT2D eigenvalue weighted by Gasteiger charge is -2.20. The maximum absolute atomic E-state index is 5.42. The number of nitrogens with one attached hydrogen (secondary N) is 1. The van der Waals surface area contributed by atoms with Crippen molar-refractivity contribution in [2.24, 2.45) is 5.92 Å². The highest BCUT2D eigenvalue weighted by molar-refractivity contribution is 5.27. The fourth-order valence-corrected chi connectivity index (χ4v) is 2.73. The van der Waals surface area contributed by atoms with Gasteiger partial charge in [0.25, 0.3) is 0 Å². The molecule has 1 aromatic rings. The van der Waals surface area contributed by atoms with Crippen LogP contribution in [0.4, 0.5) is 0 Å². The molecule has 0 amide bonds. The number of ether oxygens (including phenoxy) is 1. The lowest BCUT2D eigenvalue weighted by Crippen LogP contribution is -2.25. The minimum absolute atomic E-state index is 0.699. The van der Waals surface area contributed by atoms with Gasteiger partial charge in [-0.15, -0.1) is 0 Å². The summed E-state index contributed by atoms with van der Waals surface area (Å²) in [6.07, 6.45) is 1.20. The van der Waals surface area contributed by atoms with Crippen molar-refractivity contribution in [3.63, 3.8) is 0 Å². The second-order valence-corrected chi connectivity index (χ2v) is 5.59. The summed E-state index contributed by atoms with van der Waals surface area (Å²) in [5.41, 5.74) is 2.88. The highest BCUT2D eigenvalue weighted by Crippen LogP contribution is 2.13. The Labute approximate surface area is 123 Å². The fourth-order valence-electron chi connectivity index (χ4n) is 2.73. The van der Waals surface area contributed by atoms with Gasteiger partial charge in [0, 0.05) is 26.2 Å². The first-order valence-electron chi connectivity index (χ1n) is 7.91. The number of rotatable bonds is 8. The zero-order valence-corrected chi connectivity index (χ0v) is 12.9. The zero-order valence-electron chi connectivity index (χ0n) is 12.9. The minimum Gasteiger partial charge on any atom is -0.381 e. The standard InChI is InChI=1S/C17H28N2O/c1-3-19(4-2)13-17-8-6-5-7-16(17)12-18-11-15-9-10-20-14-15/h5-8,15,18H,3-4,9-14H2,1-2H3. The molecule has 1 saturated heterocycles. The molecule has 0 aromatic heterocycles. The Balaban J connectivity index is 1.86. The van der Waals surface area contributed by atoms with E-state index in [4.69, 9.17) is 4.74 Å². The Kier molecular flexibility index (Phi) is 6.51. The van der Waals surface area contributed by atoms with Gasteiger partial charge in [-0.05, 0) is 36.6 Å². The second kappa shape index (κ2) is 8.40. The summed E-state index contributed by atoms with van der Waals surface area (Å²) in [7, 11) is 0. The van der Waals surface area contributed by atoms with Gasteiger partial charge in [-0.25, -0.2) is 0 Å². The summed E-state index contributed by atoms with van der Waals surface area (Å²) in [5.74, 6) is 0.699. The molecule has 1 aromatic carbocycles. The van der Waals surface area contributed by atoms with Gasteiger partial charge in [-0.3, -0.25) is 4.90 Å². The van der Waals surface area contributed by atoms with Crippen LogP contribution in [0.3, 0.4) is 0 Å². The van der Waals surface area contributed by atoms with Crippen LogP contribution >= 0.6 is 0 Å². The summed E-state index contributed by atoms with van der Waals surface area (Å²) < 4.78 is 5.42. The van der Waals surface area contributed by atoms with Crippen LogP contribution in [0.25, 0.3) is 0 Å². The number of nitrogens with zero attached hydrogens (tertiary/aromatic N) is 1. The molecule has 3 nitrogen and oxygen atoms in total. The van der Waals surface area contributed by atoms with Crippen LogP contribution in [0.15, 0.2) is 24.3 Å². The van der Waals surface area contributed by atoms with Crippen molar-refractivity contribution in [3.8, 4) is 0 Å². The summed E-state index contributed by atoms with van der Waals surface area (Å²) >= 11 is 0. The van der Waals surface area contributed by atoms with Crippen molar-refractivity contribution in [3.05, 3.63) is 35.4 Å². The average molecular weight is 276 g/mol. The highest BCUT2D eigenvalue weighted by Gasteiger charge is 2.15. The molecule has 0 aliphatic carbocycles. The number of hydrogen-bond donors (Lipinski definition) is 1. The van der Waals surface area contributed by atoms with Crippen LogP contribution in [0.1, 0.15) is 31.4 Å². The number of hydrogen-bond acceptors (Lipinski definition) is 3. The van der Waals surface area contributed by atoms with E-state index >= 15 is 0 Å². The molecule has 1 aliphatic rings. The summed E-state index contributed by atoms with van der Waals surface area (Å²) in [6, 6.07) is 8.79. The Morgan fingerprint density at radius 3 is 2.60 bits per heavy atom. The molecule has 0 saturated carbocycles. The molecule has 0 radical (unpaired) electrons. The van der Waals surface area contributed by atoms with Gasteiger partial charge in [0.05, 0.1) is 6.61 Å². The van der Waals surface area contributed by atoms with Crippen LogP contribution < -0.4 is 5.32 Å². The summed E-state index contributed by atoms with van der Waals surface area (Å²) in [6.45, 7) is 11.6. The average Bonchev–Trinajstić information content (AvgIpc) is 2.99. The molecule has 1 fully saturated rings. The lowest BCUT2D eigenvalue weighted by atomic mass is 10.1. The van der Waals surface area contributed by atoms with Crippen molar-refractivity contribution in [1.82, 2.24) is 10.2 Å². The third-order valence-corrected chi connectivity index (χ3v) is 4.18. The summed E-state index contributed by atoms with van der Waals surface area (Å²) in [4.78, 5) is 2.46. The predicted molar refractivity (Wildman–Crippen MR) is 83.7 cm³/mol. The SMILES string of the molecule is CCN(CC)Cc1ccccc1CNCC1CCOC1. The summed E-state index contributed by atoms with van der Waals surface area (Å²) in [5, 5.41) is 3.59. The molecule has 0 bridgehead atoms. The van der Waals surface area contributed by atoms with Gasteiger partial charge >= 0.3 is 0 Å². The van der Waals surface area contributed by atoms with Gasteiger partial charge in [-0.2, -0.15) is 0 Å². The van der Waals surface area contributed by atoms with Crippen LogP contribution in [-0.4, -0.2) is 37.7 Å². The predicted octanol–water partition coefficient (Wildman–Crippen LogP) is 2.65. The maximum Gasteiger partial charge on any atom is 0.0507 e. The van der Waals surface area contributed by atoms with E-state index in [1.54, 1.807) is 0 Å². The van der Waals surface area contributed by atoms with Gasteiger partial charge in [0.15, 0.2) is 0 Å². The van der Waals surface area contributed by atoms with Crippen LogP contribution in [-0.2, 0) is 17.8 Å². The van der Waals surface area contributed by atoms with Gasteiger partial charge < -0.3 is 10.1 Å². The Hall–Kier alpha value is -0.900. The van der Waals surface area contributed by atoms with Gasteiger partial charge in [-0.1, -0.05) is 38.1 Å². The van der Waals surface area contributed by atoms with Crippen molar-refractivity contribution in [2.45, 2.75) is 33.4 Å². The van der Waals surface area contributed by atoms with E-state index in [1.807, 2.05) is 0 Å². The first-order chi connectivity index (χ1) is 9.83. The molecule has 1 atom stereocenters. The zero-order chi connectivity index (χ0) is 14.2. The second-order valence-electron chi connectivity index (χ2n) is 5.59. The monoisotopic (exact) mass is 276 g/mol. The molecule has 1 N–H and O–H groups in total. The first-order valence-corrected chi connectivity index (χ1v) is 7.91. The van der Waals surface area contributed by atoms with E-state index in [0.29, 0.717) is 5.92 Å². The third-order valence-electron chi connectivity index (χ3n) is 4.18. The molecule has 1 heterocycles. The molecular formula is C17H28N2O. The quantitative estimate of drug-likeness (QED) is 0.790. The van der Waals surface area contributed by atoms with Gasteiger partial charge in [0.2, 0.25) is 0 Å². The smallest absolute Gasteiger partial charge is 0.0507 e. The van der Waals surface area contributed by atoms with E-state index in [2.05, 4.69) is 48.3 Å². The Morgan fingerprint density at radius 2 is 1.95 bits per heavy atom. The first kappa shape index (κ1) is 15.5. The molecule has 1 aliphatic heterocycles. The largest absolute Gasteiger partial charge is 0.381 e. The third kappa shape index (κ3) is 4.58. The van der Waals surface area contributed by atoms with Gasteiger partial charge in [0.1, 0.15) is 0 Å². The molecular weight excluding hydrogens is 248 g/mol. The molecule has 20 heavy (non-hydrogen) atoms. The van der Waals surface area contributed by atoms with Crippen LogP contribution in [0, 0.1) is 5.92 Å². The molecule has 1 unspecified atom stereocenters. The van der Waals surface area contributed by atoms with E-state index in [-0.39, 0.29) is 0 Å². The Bertz CT molecular complexity index is 384. The van der Waals surface area contributed by atoms with E-state index in [1.165, 1.54) is 17.5 Å². The Morgan fingerprint density at radius 1 is 1.20 bits per heavy atom. The van der Waals surface area contributed by atoms with Crippen molar-refractivity contribution < 1.29 is 4.74 Å². The highest BCUT2D eigenvalue weighted by atomic mass is 16.5. The molecule has 3 heteroatoms. The van der Waals surface area contributed by atoms with Crippen LogP contribution in [0.5, 0.6) is 0 Å². The molecule has 0 spiro atoms. The molecule has 112 valence electrons. The topological polar surface area (TPSA) is 24.5 Å². The van der Waals surface area contributed by atoms with Crippen molar-refractivity contribution >= 4 is 0 Å². The fraction of sp³-hybridized carbons (Fsp3) is 0.647. The van der Waals surface area contributed by atoms with E-state index in [0.717, 1.165) is 45.9 Å². The number of benzene rings is 1. The van der Waals surface area contributed by atoms with Crippen LogP contribution in [0.2, 0.25) is 0 Å². The van der Waals surface area contributed by atoms with Crippen molar-refractivity contribution in [2.75, 3.05) is 32.8 Å². The van der Waals surface area contributed by atoms with E-state index < -0.39 is 0 Å².